The Kier molecular flexibility index (Phi) is 7.12. The number of halogens is 2. The second-order valence-electron chi connectivity index (χ2n) is 4.20. The van der Waals surface area contributed by atoms with Gasteiger partial charge in [0.25, 0.3) is 5.17 Å². The summed E-state index contributed by atoms with van der Waals surface area (Å²) in [5.74, 6) is 0.444. The number of hydrogen-bond donors (Lipinski definition) is 3. The monoisotopic (exact) mass is 357 g/mol. The van der Waals surface area contributed by atoms with Gasteiger partial charge in [-0.25, -0.2) is 0 Å². The van der Waals surface area contributed by atoms with Gasteiger partial charge in [-0.15, -0.1) is 0 Å². The Balaban J connectivity index is 3.00. The van der Waals surface area contributed by atoms with Gasteiger partial charge < -0.3 is 20.1 Å². The van der Waals surface area contributed by atoms with Gasteiger partial charge in [0.2, 0.25) is 0 Å². The van der Waals surface area contributed by atoms with Gasteiger partial charge in [0, 0.05) is 10.5 Å². The molecule has 116 valence electrons. The zero-order chi connectivity index (χ0) is 16.9. The van der Waals surface area contributed by atoms with Gasteiger partial charge in [-0.1, -0.05) is 42.4 Å². The van der Waals surface area contributed by atoms with Gasteiger partial charge in [-0.2, -0.15) is 0 Å². The van der Waals surface area contributed by atoms with Gasteiger partial charge in [0.05, 0.1) is 10.7 Å². The van der Waals surface area contributed by atoms with Crippen molar-refractivity contribution in [1.82, 2.24) is 0 Å². The van der Waals surface area contributed by atoms with E-state index in [1.165, 1.54) is 18.2 Å². The lowest BCUT2D eigenvalue weighted by Crippen LogP contribution is -2.31. The minimum Gasteiger partial charge on any atom is -0.431 e. The summed E-state index contributed by atoms with van der Waals surface area (Å²) >= 11 is 17.0. The average molecular weight is 358 g/mol. The Labute approximate surface area is 144 Å². The van der Waals surface area contributed by atoms with E-state index >= 15 is 0 Å². The molecule has 0 spiro atoms. The van der Waals surface area contributed by atoms with Gasteiger partial charge >= 0.3 is 7.12 Å². The number of anilines is 1. The van der Waals surface area contributed by atoms with Crippen LogP contribution in [0.1, 0.15) is 6.92 Å². The van der Waals surface area contributed by atoms with Crippen molar-refractivity contribution in [2.75, 3.05) is 5.32 Å². The molecule has 0 unspecified atom stereocenters. The Morgan fingerprint density at radius 1 is 1.27 bits per heavy atom. The van der Waals surface area contributed by atoms with Crippen molar-refractivity contribution >= 4 is 58.9 Å². The fraction of sp³-hybridized carbons (Fsp3) is 0.0714. The van der Waals surface area contributed by atoms with Crippen LogP contribution in [0.15, 0.2) is 48.8 Å². The maximum absolute atomic E-state index is 9.25. The molecule has 1 aromatic carbocycles. The number of thiocarbonyl (C=S) groups is 1. The predicted molar refractivity (Wildman–Crippen MR) is 96.7 cm³/mol. The third-order valence-electron chi connectivity index (χ3n) is 2.68. The highest BCUT2D eigenvalue weighted by Gasteiger charge is 2.18. The molecule has 1 aromatic rings. The standard InChI is InChI=1S/C14H14BCl2NO3S/c1-4-8(3)13(5-2)21-14(22)18-12-6-9(15(19)20)10(16)7-11(12)17/h4-7,19-20H,1-2H2,3H3,(H,18,22)/b13-8+. The average Bonchev–Trinajstić information content (AvgIpc) is 2.46. The van der Waals surface area contributed by atoms with Crippen LogP contribution in [-0.4, -0.2) is 22.3 Å². The third kappa shape index (κ3) is 4.86. The SMILES string of the molecule is C=C/C(C)=C(\C=C)OC(=S)Nc1cc(B(O)O)c(Cl)cc1Cl. The van der Waals surface area contributed by atoms with Crippen LogP contribution in [0, 0.1) is 0 Å². The highest BCUT2D eigenvalue weighted by molar-refractivity contribution is 7.80. The van der Waals surface area contributed by atoms with E-state index in [2.05, 4.69) is 18.5 Å². The Bertz CT molecular complexity index is 647. The predicted octanol–water partition coefficient (Wildman–Crippen LogP) is 3.03. The molecule has 22 heavy (non-hydrogen) atoms. The van der Waals surface area contributed by atoms with E-state index in [4.69, 9.17) is 40.2 Å². The van der Waals surface area contributed by atoms with Crippen molar-refractivity contribution in [3.63, 3.8) is 0 Å². The van der Waals surface area contributed by atoms with Crippen LogP contribution in [0.5, 0.6) is 0 Å². The Hall–Kier alpha value is -1.31. The topological polar surface area (TPSA) is 61.7 Å². The first-order valence-electron chi connectivity index (χ1n) is 6.09. The maximum Gasteiger partial charge on any atom is 0.490 e. The van der Waals surface area contributed by atoms with E-state index in [0.717, 1.165) is 5.57 Å². The molecule has 3 N–H and O–H groups in total. The molecule has 0 saturated heterocycles. The molecule has 0 atom stereocenters. The quantitative estimate of drug-likeness (QED) is 0.327. The summed E-state index contributed by atoms with van der Waals surface area (Å²) in [5.41, 5.74) is 1.18. The van der Waals surface area contributed by atoms with E-state index < -0.39 is 7.12 Å². The molecule has 0 heterocycles. The first-order valence-corrected chi connectivity index (χ1v) is 7.26. The molecule has 0 fully saturated rings. The highest BCUT2D eigenvalue weighted by atomic mass is 35.5. The summed E-state index contributed by atoms with van der Waals surface area (Å²) in [7, 11) is -1.73. The molecule has 4 nitrogen and oxygen atoms in total. The second kappa shape index (κ2) is 8.36. The molecule has 0 amide bonds. The molecular formula is C14H14BCl2NO3S. The maximum atomic E-state index is 9.25. The largest absolute Gasteiger partial charge is 0.490 e. The van der Waals surface area contributed by atoms with E-state index in [0.29, 0.717) is 11.4 Å². The zero-order valence-electron chi connectivity index (χ0n) is 11.8. The minimum atomic E-state index is -1.73. The second-order valence-corrected chi connectivity index (χ2v) is 5.38. The van der Waals surface area contributed by atoms with Gasteiger partial charge in [-0.05, 0) is 42.9 Å². The van der Waals surface area contributed by atoms with E-state index in [-0.39, 0.29) is 20.7 Å². The number of nitrogens with one attached hydrogen (secondary N) is 1. The molecule has 0 aliphatic rings. The summed E-state index contributed by atoms with van der Waals surface area (Å²) in [6.07, 6.45) is 3.10. The van der Waals surface area contributed by atoms with Crippen molar-refractivity contribution in [1.29, 1.82) is 0 Å². The van der Waals surface area contributed by atoms with Crippen molar-refractivity contribution in [2.45, 2.75) is 6.92 Å². The molecule has 0 bridgehead atoms. The fourth-order valence-corrected chi connectivity index (χ4v) is 2.21. The van der Waals surface area contributed by atoms with Crippen molar-refractivity contribution < 1.29 is 14.8 Å². The van der Waals surface area contributed by atoms with Gasteiger partial charge in [-0.3, -0.25) is 0 Å². The molecular weight excluding hydrogens is 344 g/mol. The van der Waals surface area contributed by atoms with Crippen LogP contribution < -0.4 is 10.8 Å². The minimum absolute atomic E-state index is 0.0127. The third-order valence-corrected chi connectivity index (χ3v) is 3.51. The van der Waals surface area contributed by atoms with E-state index in [1.807, 2.05) is 0 Å². The lowest BCUT2D eigenvalue weighted by atomic mass is 9.80. The smallest absolute Gasteiger partial charge is 0.431 e. The van der Waals surface area contributed by atoms with E-state index in [1.54, 1.807) is 13.0 Å². The lowest BCUT2D eigenvalue weighted by molar-refractivity contribution is 0.425. The highest BCUT2D eigenvalue weighted by Crippen LogP contribution is 2.25. The summed E-state index contributed by atoms with van der Waals surface area (Å²) in [5, 5.41) is 21.6. The Morgan fingerprint density at radius 2 is 1.91 bits per heavy atom. The molecule has 0 saturated carbocycles. The molecule has 0 aliphatic heterocycles. The first kappa shape index (κ1) is 18.7. The van der Waals surface area contributed by atoms with Crippen LogP contribution in [0.4, 0.5) is 5.69 Å². The van der Waals surface area contributed by atoms with Crippen molar-refractivity contribution in [3.05, 3.63) is 58.8 Å². The van der Waals surface area contributed by atoms with E-state index in [9.17, 15) is 10.0 Å². The summed E-state index contributed by atoms with van der Waals surface area (Å²) in [6.45, 7) is 9.06. The first-order chi connectivity index (χ1) is 10.3. The molecule has 0 aliphatic carbocycles. The van der Waals surface area contributed by atoms with Crippen LogP contribution in [0.3, 0.4) is 0 Å². The molecule has 0 aromatic heterocycles. The number of ether oxygens (including phenoxy) is 1. The fourth-order valence-electron chi connectivity index (χ4n) is 1.48. The van der Waals surface area contributed by atoms with Crippen molar-refractivity contribution in [3.8, 4) is 0 Å². The Morgan fingerprint density at radius 3 is 2.41 bits per heavy atom. The van der Waals surface area contributed by atoms with Crippen LogP contribution in [-0.2, 0) is 4.74 Å². The molecule has 0 radical (unpaired) electrons. The van der Waals surface area contributed by atoms with Gasteiger partial charge in [0.1, 0.15) is 5.76 Å². The lowest BCUT2D eigenvalue weighted by Gasteiger charge is -2.14. The van der Waals surface area contributed by atoms with Gasteiger partial charge in [0.15, 0.2) is 0 Å². The van der Waals surface area contributed by atoms with Crippen LogP contribution >= 0.6 is 35.4 Å². The van der Waals surface area contributed by atoms with Crippen LogP contribution in [0.2, 0.25) is 10.0 Å². The summed E-state index contributed by atoms with van der Waals surface area (Å²) in [4.78, 5) is 0. The number of allylic oxidation sites excluding steroid dienone is 3. The molecule has 1 rings (SSSR count). The molecule has 8 heteroatoms. The number of hydrogen-bond acceptors (Lipinski definition) is 4. The normalized spacial score (nSPS) is 11.3. The van der Waals surface area contributed by atoms with Crippen LogP contribution in [0.25, 0.3) is 0 Å². The summed E-state index contributed by atoms with van der Waals surface area (Å²) in [6, 6.07) is 2.75. The van der Waals surface area contributed by atoms with Crippen molar-refractivity contribution in [2.24, 2.45) is 0 Å². The zero-order valence-corrected chi connectivity index (χ0v) is 14.1. The number of rotatable bonds is 5. The summed E-state index contributed by atoms with van der Waals surface area (Å²) < 4.78 is 5.44. The number of benzene rings is 1.